The molecule has 0 aromatic heterocycles. The number of unbranched alkanes of at least 4 members (excludes halogenated alkanes) is 3. The molecule has 1 heterocycles. The first-order chi connectivity index (χ1) is 9.09. The fraction of sp³-hybridized carbons (Fsp3) is 0.588. The average molecular weight is 260 g/mol. The number of fused-ring (bicyclic) bond motifs is 1. The van der Waals surface area contributed by atoms with Gasteiger partial charge in [0.25, 0.3) is 0 Å². The molecule has 1 aromatic carbocycles. The number of aliphatic hydroxyl groups is 1. The van der Waals surface area contributed by atoms with Crippen LogP contribution in [-0.4, -0.2) is 28.5 Å². The lowest BCUT2D eigenvalue weighted by Crippen LogP contribution is -2.26. The molecular weight excluding hydrogens is 234 g/mol. The summed E-state index contributed by atoms with van der Waals surface area (Å²) in [5, 5.41) is 8.80. The lowest BCUT2D eigenvalue weighted by atomic mass is 9.82. The molecule has 19 heavy (non-hydrogen) atoms. The minimum atomic E-state index is 0.154. The van der Waals surface area contributed by atoms with Crippen LogP contribution in [0.25, 0.3) is 0 Å². The van der Waals surface area contributed by atoms with Crippen LogP contribution < -0.4 is 0 Å². The van der Waals surface area contributed by atoms with Gasteiger partial charge in [-0.3, -0.25) is 0 Å². The highest BCUT2D eigenvalue weighted by atomic mass is 16.2. The van der Waals surface area contributed by atoms with Crippen LogP contribution in [0.4, 0.5) is 5.69 Å². The van der Waals surface area contributed by atoms with Crippen LogP contribution in [0.1, 0.15) is 52.0 Å². The lowest BCUT2D eigenvalue weighted by molar-refractivity contribution is -0.439. The quantitative estimate of drug-likeness (QED) is 0.612. The van der Waals surface area contributed by atoms with Crippen molar-refractivity contribution in [3.05, 3.63) is 29.8 Å². The van der Waals surface area contributed by atoms with Crippen molar-refractivity contribution < 1.29 is 9.68 Å². The number of rotatable bonds is 6. The Hall–Kier alpha value is -1.15. The normalized spacial score (nSPS) is 16.8. The monoisotopic (exact) mass is 260 g/mol. The third kappa shape index (κ3) is 2.74. The number of benzene rings is 1. The number of nitrogens with zero attached hydrogens (tertiary/aromatic N) is 1. The van der Waals surface area contributed by atoms with Crippen LogP contribution in [0, 0.1) is 0 Å². The van der Waals surface area contributed by atoms with Gasteiger partial charge in [-0.15, -0.1) is 0 Å². The summed E-state index contributed by atoms with van der Waals surface area (Å²) in [6, 6.07) is 8.76. The lowest BCUT2D eigenvalue weighted by Gasteiger charge is -2.14. The summed E-state index contributed by atoms with van der Waals surface area (Å²) in [5.41, 5.74) is 4.44. The Bertz CT molecular complexity index is 474. The molecule has 0 saturated heterocycles. The maximum atomic E-state index is 8.80. The van der Waals surface area contributed by atoms with Gasteiger partial charge in [0, 0.05) is 31.6 Å². The molecule has 2 heteroatoms. The molecular formula is C17H26NO+. The van der Waals surface area contributed by atoms with Gasteiger partial charge in [0.2, 0.25) is 5.69 Å². The van der Waals surface area contributed by atoms with Crippen LogP contribution in [0.5, 0.6) is 0 Å². The van der Waals surface area contributed by atoms with Crippen LogP contribution in [0.15, 0.2) is 24.3 Å². The van der Waals surface area contributed by atoms with Crippen molar-refractivity contribution in [1.82, 2.24) is 0 Å². The smallest absolute Gasteiger partial charge is 0.209 e. The molecule has 2 nitrogen and oxygen atoms in total. The van der Waals surface area contributed by atoms with Crippen LogP contribution >= 0.6 is 0 Å². The van der Waals surface area contributed by atoms with Gasteiger partial charge >= 0.3 is 0 Å². The summed E-state index contributed by atoms with van der Waals surface area (Å²) in [6.45, 7) is 8.30. The van der Waals surface area contributed by atoms with Crippen LogP contribution in [0.2, 0.25) is 0 Å². The number of para-hydroxylation sites is 1. The maximum absolute atomic E-state index is 8.80. The van der Waals surface area contributed by atoms with Gasteiger partial charge < -0.3 is 5.11 Å². The van der Waals surface area contributed by atoms with Gasteiger partial charge in [-0.2, -0.15) is 4.58 Å². The second kappa shape index (κ2) is 5.87. The Morgan fingerprint density at radius 2 is 1.74 bits per heavy atom. The van der Waals surface area contributed by atoms with E-state index in [2.05, 4.69) is 49.6 Å². The van der Waals surface area contributed by atoms with Crippen molar-refractivity contribution in [3.63, 3.8) is 0 Å². The van der Waals surface area contributed by atoms with Crippen molar-refractivity contribution in [2.45, 2.75) is 51.9 Å². The number of hydrogen-bond acceptors (Lipinski definition) is 1. The summed E-state index contributed by atoms with van der Waals surface area (Å²) in [5.74, 6) is 0. The third-order valence-corrected chi connectivity index (χ3v) is 4.47. The topological polar surface area (TPSA) is 23.2 Å². The third-order valence-electron chi connectivity index (χ3n) is 4.47. The minimum Gasteiger partial charge on any atom is -0.396 e. The molecule has 0 spiro atoms. The molecule has 0 atom stereocenters. The maximum Gasteiger partial charge on any atom is 0.209 e. The first kappa shape index (κ1) is 14.3. The molecule has 0 amide bonds. The van der Waals surface area contributed by atoms with Crippen molar-refractivity contribution >= 4 is 11.4 Å². The van der Waals surface area contributed by atoms with E-state index >= 15 is 0 Å². The van der Waals surface area contributed by atoms with E-state index in [1.165, 1.54) is 29.8 Å². The Morgan fingerprint density at radius 3 is 2.47 bits per heavy atom. The fourth-order valence-electron chi connectivity index (χ4n) is 2.97. The Morgan fingerprint density at radius 1 is 1.05 bits per heavy atom. The molecule has 0 aliphatic carbocycles. The van der Waals surface area contributed by atoms with Gasteiger partial charge in [-0.1, -0.05) is 24.6 Å². The summed E-state index contributed by atoms with van der Waals surface area (Å²) in [7, 11) is 0. The molecule has 1 aliphatic rings. The molecule has 104 valence electrons. The summed E-state index contributed by atoms with van der Waals surface area (Å²) in [6.07, 6.45) is 4.47. The molecule has 0 bridgehead atoms. The molecule has 2 rings (SSSR count). The SMILES string of the molecule is CC1=[N+](CCCCCCO)c2ccccc2C1(C)C. The minimum absolute atomic E-state index is 0.154. The van der Waals surface area contributed by atoms with Crippen molar-refractivity contribution in [3.8, 4) is 0 Å². The first-order valence-corrected chi connectivity index (χ1v) is 7.41. The van der Waals surface area contributed by atoms with E-state index in [1.54, 1.807) is 0 Å². The summed E-state index contributed by atoms with van der Waals surface area (Å²) < 4.78 is 2.48. The van der Waals surface area contributed by atoms with Gasteiger partial charge in [-0.25, -0.2) is 0 Å². The predicted octanol–water partition coefficient (Wildman–Crippen LogP) is 3.64. The average Bonchev–Trinajstić information content (AvgIpc) is 2.60. The van der Waals surface area contributed by atoms with Crippen LogP contribution in [-0.2, 0) is 5.41 Å². The van der Waals surface area contributed by atoms with E-state index in [0.29, 0.717) is 6.61 Å². The van der Waals surface area contributed by atoms with E-state index in [4.69, 9.17) is 5.11 Å². The van der Waals surface area contributed by atoms with Crippen molar-refractivity contribution in [2.24, 2.45) is 0 Å². The van der Waals surface area contributed by atoms with Crippen LogP contribution in [0.3, 0.4) is 0 Å². The van der Waals surface area contributed by atoms with E-state index in [9.17, 15) is 0 Å². The van der Waals surface area contributed by atoms with E-state index in [-0.39, 0.29) is 5.41 Å². The predicted molar refractivity (Wildman–Crippen MR) is 80.5 cm³/mol. The molecule has 0 radical (unpaired) electrons. The standard InChI is InChI=1S/C17H26NO/c1-14-17(2,3)15-10-6-7-11-16(15)18(14)12-8-4-5-9-13-19/h6-7,10-11,19H,4-5,8-9,12-13H2,1-3H3/q+1. The summed E-state index contributed by atoms with van der Waals surface area (Å²) in [4.78, 5) is 0. The second-order valence-corrected chi connectivity index (χ2v) is 6.02. The second-order valence-electron chi connectivity index (χ2n) is 6.02. The zero-order valence-electron chi connectivity index (χ0n) is 12.4. The van der Waals surface area contributed by atoms with E-state index in [1.807, 2.05) is 0 Å². The molecule has 1 aliphatic heterocycles. The molecule has 1 N–H and O–H groups in total. The van der Waals surface area contributed by atoms with Gasteiger partial charge in [-0.05, 0) is 26.7 Å². The largest absolute Gasteiger partial charge is 0.396 e. The zero-order chi connectivity index (χ0) is 13.9. The highest BCUT2D eigenvalue weighted by Gasteiger charge is 2.42. The van der Waals surface area contributed by atoms with Gasteiger partial charge in [0.15, 0.2) is 5.71 Å². The molecule has 0 saturated carbocycles. The Kier molecular flexibility index (Phi) is 4.41. The molecule has 0 fully saturated rings. The molecule has 0 unspecified atom stereocenters. The number of aliphatic hydroxyl groups excluding tert-OH is 1. The first-order valence-electron chi connectivity index (χ1n) is 7.41. The van der Waals surface area contributed by atoms with Gasteiger partial charge in [0.05, 0.1) is 5.41 Å². The molecule has 1 aromatic rings. The van der Waals surface area contributed by atoms with E-state index < -0.39 is 0 Å². The zero-order valence-corrected chi connectivity index (χ0v) is 12.4. The number of hydrogen-bond donors (Lipinski definition) is 1. The highest BCUT2D eigenvalue weighted by Crippen LogP contribution is 2.39. The Labute approximate surface area is 116 Å². The Balaban J connectivity index is 2.09. The van der Waals surface area contributed by atoms with E-state index in [0.717, 1.165) is 19.4 Å². The van der Waals surface area contributed by atoms with Crippen molar-refractivity contribution in [2.75, 3.05) is 13.2 Å². The fourth-order valence-corrected chi connectivity index (χ4v) is 2.97. The highest BCUT2D eigenvalue weighted by molar-refractivity contribution is 5.93. The van der Waals surface area contributed by atoms with Gasteiger partial charge in [0.1, 0.15) is 6.54 Å². The summed E-state index contributed by atoms with van der Waals surface area (Å²) >= 11 is 0. The van der Waals surface area contributed by atoms with Crippen molar-refractivity contribution in [1.29, 1.82) is 0 Å².